The highest BCUT2D eigenvalue weighted by Crippen LogP contribution is 2.22. The van der Waals surface area contributed by atoms with E-state index in [9.17, 15) is 9.59 Å². The van der Waals surface area contributed by atoms with E-state index >= 15 is 0 Å². The van der Waals surface area contributed by atoms with Gasteiger partial charge in [-0.05, 0) is 54.6 Å². The number of hydrogen-bond donors (Lipinski definition) is 2. The fraction of sp³-hybridized carbons (Fsp3) is 0.0455. The van der Waals surface area contributed by atoms with Crippen LogP contribution >= 0.6 is 27.5 Å². The quantitative estimate of drug-likeness (QED) is 0.369. The highest BCUT2D eigenvalue weighted by Gasteiger charge is 2.08. The summed E-state index contributed by atoms with van der Waals surface area (Å²) >= 11 is 9.21. The van der Waals surface area contributed by atoms with Crippen LogP contribution < -0.4 is 15.5 Å². The number of benzene rings is 3. The van der Waals surface area contributed by atoms with Crippen molar-refractivity contribution in [2.24, 2.45) is 5.10 Å². The lowest BCUT2D eigenvalue weighted by molar-refractivity contribution is -0.118. The van der Waals surface area contributed by atoms with E-state index in [4.69, 9.17) is 16.3 Å². The number of hydrogen-bond acceptors (Lipinski definition) is 4. The van der Waals surface area contributed by atoms with Gasteiger partial charge in [0.1, 0.15) is 5.75 Å². The molecule has 0 atom stereocenters. The number of nitrogens with zero attached hydrogens (tertiary/aromatic N) is 1. The second-order valence-electron chi connectivity index (χ2n) is 6.09. The van der Waals surface area contributed by atoms with Gasteiger partial charge in [0.2, 0.25) is 0 Å². The molecule has 0 aliphatic rings. The van der Waals surface area contributed by atoms with E-state index in [1.165, 1.54) is 6.21 Å². The molecule has 6 nitrogen and oxygen atoms in total. The van der Waals surface area contributed by atoms with Crippen LogP contribution in [0.3, 0.4) is 0 Å². The standard InChI is InChI=1S/C22H17BrClN3O3/c23-17-8-11-20(30-14-21(28)26-19-4-2-1-3-5-19)16(12-17)13-25-27-22(29)15-6-9-18(24)10-7-15/h1-13H,14H2,(H,26,28)(H,27,29)/b25-13+. The van der Waals surface area contributed by atoms with E-state index in [1.807, 2.05) is 18.2 Å². The van der Waals surface area contributed by atoms with Crippen molar-refractivity contribution >= 4 is 51.2 Å². The molecule has 0 fully saturated rings. The lowest BCUT2D eigenvalue weighted by atomic mass is 10.2. The maximum absolute atomic E-state index is 12.1. The molecule has 152 valence electrons. The molecular weight excluding hydrogens is 470 g/mol. The molecule has 0 saturated carbocycles. The predicted octanol–water partition coefficient (Wildman–Crippen LogP) is 4.88. The minimum absolute atomic E-state index is 0.172. The van der Waals surface area contributed by atoms with Crippen LogP contribution in [0.15, 0.2) is 82.4 Å². The molecule has 30 heavy (non-hydrogen) atoms. The van der Waals surface area contributed by atoms with Gasteiger partial charge in [-0.3, -0.25) is 9.59 Å². The fourth-order valence-electron chi connectivity index (χ4n) is 2.44. The molecule has 3 rings (SSSR count). The van der Waals surface area contributed by atoms with Crippen LogP contribution in [0.2, 0.25) is 5.02 Å². The number of carbonyl (C=O) groups is 2. The van der Waals surface area contributed by atoms with E-state index in [2.05, 4.69) is 31.8 Å². The zero-order valence-electron chi connectivity index (χ0n) is 15.6. The molecule has 0 aliphatic heterocycles. The van der Waals surface area contributed by atoms with Gasteiger partial charge in [0, 0.05) is 26.3 Å². The minimum Gasteiger partial charge on any atom is -0.483 e. The third kappa shape index (κ3) is 6.43. The fourth-order valence-corrected chi connectivity index (χ4v) is 2.94. The molecule has 0 aromatic heterocycles. The Balaban J connectivity index is 1.61. The second kappa shape index (κ2) is 10.6. The monoisotopic (exact) mass is 485 g/mol. The van der Waals surface area contributed by atoms with Gasteiger partial charge in [-0.2, -0.15) is 5.10 Å². The first-order valence-corrected chi connectivity index (χ1v) is 10.0. The maximum Gasteiger partial charge on any atom is 0.271 e. The van der Waals surface area contributed by atoms with Gasteiger partial charge in [0.05, 0.1) is 6.21 Å². The molecule has 0 aliphatic carbocycles. The summed E-state index contributed by atoms with van der Waals surface area (Å²) in [5.41, 5.74) is 4.16. The SMILES string of the molecule is O=C(COc1ccc(Br)cc1/C=N/NC(=O)c1ccc(Cl)cc1)Nc1ccccc1. The Morgan fingerprint density at radius 3 is 2.50 bits per heavy atom. The number of halogens is 2. The van der Waals surface area contributed by atoms with Gasteiger partial charge >= 0.3 is 0 Å². The molecule has 3 aromatic rings. The molecule has 8 heteroatoms. The summed E-state index contributed by atoms with van der Waals surface area (Å²) in [5.74, 6) is -0.212. The number of ether oxygens (including phenoxy) is 1. The summed E-state index contributed by atoms with van der Waals surface area (Å²) in [5, 5.41) is 7.27. The summed E-state index contributed by atoms with van der Waals surface area (Å²) in [6.07, 6.45) is 1.45. The Bertz CT molecular complexity index is 1060. The molecule has 0 bridgehead atoms. The van der Waals surface area contributed by atoms with Crippen molar-refractivity contribution in [2.45, 2.75) is 0 Å². The number of amides is 2. The van der Waals surface area contributed by atoms with Crippen molar-refractivity contribution < 1.29 is 14.3 Å². The molecule has 3 aromatic carbocycles. The molecule has 2 N–H and O–H groups in total. The third-order valence-electron chi connectivity index (χ3n) is 3.86. The van der Waals surface area contributed by atoms with Crippen molar-refractivity contribution in [2.75, 3.05) is 11.9 Å². The first-order valence-electron chi connectivity index (χ1n) is 8.87. The molecule has 0 heterocycles. The summed E-state index contributed by atoms with van der Waals surface area (Å²) in [6, 6.07) is 20.8. The molecule has 0 spiro atoms. The third-order valence-corrected chi connectivity index (χ3v) is 4.61. The number of nitrogens with one attached hydrogen (secondary N) is 2. The number of para-hydroxylation sites is 1. The number of carbonyl (C=O) groups excluding carboxylic acids is 2. The Morgan fingerprint density at radius 2 is 1.77 bits per heavy atom. The van der Waals surface area contributed by atoms with Crippen molar-refractivity contribution in [3.05, 3.63) is 93.4 Å². The highest BCUT2D eigenvalue weighted by atomic mass is 79.9. The lowest BCUT2D eigenvalue weighted by Gasteiger charge is -2.10. The van der Waals surface area contributed by atoms with Crippen LogP contribution in [0.4, 0.5) is 5.69 Å². The van der Waals surface area contributed by atoms with E-state index in [1.54, 1.807) is 54.6 Å². The van der Waals surface area contributed by atoms with E-state index in [0.29, 0.717) is 27.6 Å². The zero-order chi connectivity index (χ0) is 21.3. The molecular formula is C22H17BrClN3O3. The topological polar surface area (TPSA) is 79.8 Å². The van der Waals surface area contributed by atoms with Gasteiger partial charge < -0.3 is 10.1 Å². The first kappa shape index (κ1) is 21.5. The van der Waals surface area contributed by atoms with E-state index < -0.39 is 0 Å². The van der Waals surface area contributed by atoms with Crippen LogP contribution in [0.25, 0.3) is 0 Å². The Morgan fingerprint density at radius 1 is 1.03 bits per heavy atom. The van der Waals surface area contributed by atoms with Gasteiger partial charge in [-0.1, -0.05) is 45.7 Å². The summed E-state index contributed by atoms with van der Waals surface area (Å²) in [6.45, 7) is -0.172. The number of hydrazone groups is 1. The molecule has 2 amide bonds. The molecule has 0 saturated heterocycles. The molecule has 0 unspecified atom stereocenters. The second-order valence-corrected chi connectivity index (χ2v) is 7.44. The Kier molecular flexibility index (Phi) is 7.59. The minimum atomic E-state index is -0.373. The number of rotatable bonds is 7. The van der Waals surface area contributed by atoms with Crippen LogP contribution in [0, 0.1) is 0 Å². The van der Waals surface area contributed by atoms with E-state index in [0.717, 1.165) is 4.47 Å². The molecule has 0 radical (unpaired) electrons. The average Bonchev–Trinajstić information content (AvgIpc) is 2.74. The van der Waals surface area contributed by atoms with Gasteiger partial charge in [-0.15, -0.1) is 0 Å². The average molecular weight is 487 g/mol. The lowest BCUT2D eigenvalue weighted by Crippen LogP contribution is -2.20. The Hall–Kier alpha value is -3.16. The van der Waals surface area contributed by atoms with Crippen molar-refractivity contribution in [1.29, 1.82) is 0 Å². The van der Waals surface area contributed by atoms with Gasteiger partial charge in [-0.25, -0.2) is 5.43 Å². The van der Waals surface area contributed by atoms with Crippen LogP contribution in [-0.4, -0.2) is 24.6 Å². The highest BCUT2D eigenvalue weighted by molar-refractivity contribution is 9.10. The largest absolute Gasteiger partial charge is 0.483 e. The van der Waals surface area contributed by atoms with Crippen molar-refractivity contribution in [3.63, 3.8) is 0 Å². The van der Waals surface area contributed by atoms with Gasteiger partial charge in [0.25, 0.3) is 11.8 Å². The van der Waals surface area contributed by atoms with Crippen LogP contribution in [-0.2, 0) is 4.79 Å². The van der Waals surface area contributed by atoms with Crippen molar-refractivity contribution in [1.82, 2.24) is 5.43 Å². The van der Waals surface area contributed by atoms with Crippen LogP contribution in [0.1, 0.15) is 15.9 Å². The van der Waals surface area contributed by atoms with E-state index in [-0.39, 0.29) is 18.4 Å². The zero-order valence-corrected chi connectivity index (χ0v) is 18.0. The Labute approximate surface area is 187 Å². The first-order chi connectivity index (χ1) is 14.5. The smallest absolute Gasteiger partial charge is 0.271 e. The normalized spacial score (nSPS) is 10.6. The summed E-state index contributed by atoms with van der Waals surface area (Å²) in [4.78, 5) is 24.2. The summed E-state index contributed by atoms with van der Waals surface area (Å²) in [7, 11) is 0. The summed E-state index contributed by atoms with van der Waals surface area (Å²) < 4.78 is 6.43. The van der Waals surface area contributed by atoms with Crippen molar-refractivity contribution in [3.8, 4) is 5.75 Å². The maximum atomic E-state index is 12.1. The van der Waals surface area contributed by atoms with Crippen LogP contribution in [0.5, 0.6) is 5.75 Å². The van der Waals surface area contributed by atoms with Gasteiger partial charge in [0.15, 0.2) is 6.61 Å². The number of anilines is 1. The predicted molar refractivity (Wildman–Crippen MR) is 121 cm³/mol.